The zero-order valence-electron chi connectivity index (χ0n) is 9.63. The third-order valence-corrected chi connectivity index (χ3v) is 3.70. The highest BCUT2D eigenvalue weighted by Gasteiger charge is 2.43. The second-order valence-electron chi connectivity index (χ2n) is 4.40. The summed E-state index contributed by atoms with van der Waals surface area (Å²) >= 11 is 5.68. The minimum Gasteiger partial charge on any atom is -0.370 e. The van der Waals surface area contributed by atoms with Gasteiger partial charge in [-0.3, -0.25) is 4.79 Å². The van der Waals surface area contributed by atoms with Gasteiger partial charge in [0.15, 0.2) is 5.78 Å². The van der Waals surface area contributed by atoms with Crippen molar-refractivity contribution in [2.75, 3.05) is 7.11 Å². The van der Waals surface area contributed by atoms with E-state index in [1.54, 1.807) is 13.2 Å². The summed E-state index contributed by atoms with van der Waals surface area (Å²) in [6.07, 6.45) is 2.81. The van der Waals surface area contributed by atoms with Crippen LogP contribution in [0.25, 0.3) is 0 Å². The van der Waals surface area contributed by atoms with E-state index < -0.39 is 11.4 Å². The van der Waals surface area contributed by atoms with Crippen LogP contribution in [-0.2, 0) is 16.0 Å². The predicted octanol–water partition coefficient (Wildman–Crippen LogP) is 3.16. The molecule has 2 rings (SSSR count). The summed E-state index contributed by atoms with van der Waals surface area (Å²) in [5.41, 5.74) is 0.116. The quantitative estimate of drug-likeness (QED) is 0.827. The number of halogens is 2. The first kappa shape index (κ1) is 12.5. The lowest BCUT2D eigenvalue weighted by Gasteiger charge is -2.38. The topological polar surface area (TPSA) is 26.3 Å². The maximum absolute atomic E-state index is 13.0. The second kappa shape index (κ2) is 4.75. The van der Waals surface area contributed by atoms with Gasteiger partial charge in [0.1, 0.15) is 11.4 Å². The van der Waals surface area contributed by atoms with E-state index in [2.05, 4.69) is 0 Å². The number of hydrogen-bond donors (Lipinski definition) is 0. The van der Waals surface area contributed by atoms with Crippen molar-refractivity contribution in [1.82, 2.24) is 0 Å². The fourth-order valence-electron chi connectivity index (χ4n) is 2.09. The van der Waals surface area contributed by atoms with Crippen LogP contribution in [0.4, 0.5) is 4.39 Å². The van der Waals surface area contributed by atoms with Gasteiger partial charge in [-0.25, -0.2) is 4.39 Å². The molecule has 0 aromatic heterocycles. The van der Waals surface area contributed by atoms with Gasteiger partial charge < -0.3 is 4.74 Å². The molecule has 0 radical (unpaired) electrons. The number of ketones is 1. The van der Waals surface area contributed by atoms with E-state index in [1.165, 1.54) is 12.1 Å². The summed E-state index contributed by atoms with van der Waals surface area (Å²) in [7, 11) is 1.56. The minimum absolute atomic E-state index is 0.0499. The summed E-state index contributed by atoms with van der Waals surface area (Å²) < 4.78 is 18.3. The fourth-order valence-corrected chi connectivity index (χ4v) is 2.29. The summed E-state index contributed by atoms with van der Waals surface area (Å²) in [5.74, 6) is -0.415. The Morgan fingerprint density at radius 2 is 2.24 bits per heavy atom. The number of rotatable bonds is 4. The molecule has 1 aliphatic carbocycles. The Kier molecular flexibility index (Phi) is 3.50. The molecule has 1 fully saturated rings. The van der Waals surface area contributed by atoms with Crippen molar-refractivity contribution in [2.24, 2.45) is 0 Å². The average Bonchev–Trinajstić information content (AvgIpc) is 2.23. The molecule has 4 heteroatoms. The van der Waals surface area contributed by atoms with Gasteiger partial charge in [0.05, 0.1) is 5.02 Å². The summed E-state index contributed by atoms with van der Waals surface area (Å²) in [4.78, 5) is 12.1. The monoisotopic (exact) mass is 256 g/mol. The third kappa shape index (κ3) is 2.35. The number of carbonyl (C=O) groups excluding carboxylic acids is 1. The molecule has 0 heterocycles. The fraction of sp³-hybridized carbons (Fsp3) is 0.462. The SMILES string of the molecule is COC1(C(=O)Cc2ccc(F)c(Cl)c2)CCC1. The van der Waals surface area contributed by atoms with Gasteiger partial charge in [-0.05, 0) is 37.0 Å². The first-order chi connectivity index (χ1) is 8.07. The lowest BCUT2D eigenvalue weighted by Crippen LogP contribution is -2.47. The van der Waals surface area contributed by atoms with Crippen molar-refractivity contribution in [3.63, 3.8) is 0 Å². The molecule has 1 aromatic carbocycles. The third-order valence-electron chi connectivity index (χ3n) is 3.41. The van der Waals surface area contributed by atoms with Crippen molar-refractivity contribution in [3.05, 3.63) is 34.6 Å². The molecule has 0 aliphatic heterocycles. The smallest absolute Gasteiger partial charge is 0.168 e. The molecule has 92 valence electrons. The van der Waals surface area contributed by atoms with Crippen LogP contribution in [0.3, 0.4) is 0 Å². The van der Waals surface area contributed by atoms with Crippen molar-refractivity contribution in [1.29, 1.82) is 0 Å². The number of ether oxygens (including phenoxy) is 1. The Hall–Kier alpha value is -0.930. The average molecular weight is 257 g/mol. The van der Waals surface area contributed by atoms with Gasteiger partial charge in [-0.2, -0.15) is 0 Å². The first-order valence-electron chi connectivity index (χ1n) is 5.60. The van der Waals surface area contributed by atoms with Gasteiger partial charge in [-0.15, -0.1) is 0 Å². The van der Waals surface area contributed by atoms with Crippen molar-refractivity contribution < 1.29 is 13.9 Å². The van der Waals surface area contributed by atoms with Crippen LogP contribution in [0.5, 0.6) is 0 Å². The van der Waals surface area contributed by atoms with E-state index in [-0.39, 0.29) is 17.2 Å². The maximum atomic E-state index is 13.0. The molecule has 0 saturated heterocycles. The molecule has 2 nitrogen and oxygen atoms in total. The predicted molar refractivity (Wildman–Crippen MR) is 63.7 cm³/mol. The Balaban J connectivity index is 2.10. The number of hydrogen-bond acceptors (Lipinski definition) is 2. The highest BCUT2D eigenvalue weighted by molar-refractivity contribution is 6.30. The van der Waals surface area contributed by atoms with Gasteiger partial charge in [0, 0.05) is 13.5 Å². The summed E-state index contributed by atoms with van der Waals surface area (Å²) in [6.45, 7) is 0. The highest BCUT2D eigenvalue weighted by atomic mass is 35.5. The van der Waals surface area contributed by atoms with Crippen LogP contribution in [0.2, 0.25) is 5.02 Å². The van der Waals surface area contributed by atoms with E-state index in [1.807, 2.05) is 0 Å². The molecule has 0 spiro atoms. The number of carbonyl (C=O) groups is 1. The molecular formula is C13H14ClFO2. The Bertz CT molecular complexity index is 436. The van der Waals surface area contributed by atoms with Gasteiger partial charge in [0.25, 0.3) is 0 Å². The van der Waals surface area contributed by atoms with E-state index in [4.69, 9.17) is 16.3 Å². The van der Waals surface area contributed by atoms with E-state index in [0.717, 1.165) is 24.8 Å². The lowest BCUT2D eigenvalue weighted by molar-refractivity contribution is -0.151. The standard InChI is InChI=1S/C13H14ClFO2/c1-17-13(5-2-6-13)12(16)8-9-3-4-11(15)10(14)7-9/h3-4,7H,2,5-6,8H2,1H3. The minimum atomic E-state index is -0.610. The number of methoxy groups -OCH3 is 1. The first-order valence-corrected chi connectivity index (χ1v) is 5.97. The highest BCUT2D eigenvalue weighted by Crippen LogP contribution is 2.36. The molecular weight excluding hydrogens is 243 g/mol. The van der Waals surface area contributed by atoms with Crippen LogP contribution < -0.4 is 0 Å². The van der Waals surface area contributed by atoms with E-state index in [9.17, 15) is 9.18 Å². The van der Waals surface area contributed by atoms with E-state index in [0.29, 0.717) is 0 Å². The van der Waals surface area contributed by atoms with Crippen molar-refractivity contribution >= 4 is 17.4 Å². The molecule has 0 N–H and O–H groups in total. The Morgan fingerprint density at radius 1 is 1.53 bits per heavy atom. The maximum Gasteiger partial charge on any atom is 0.168 e. The molecule has 0 unspecified atom stereocenters. The normalized spacial score (nSPS) is 17.6. The molecule has 0 atom stereocenters. The van der Waals surface area contributed by atoms with E-state index >= 15 is 0 Å². The Labute approximate surface area is 105 Å². The number of Topliss-reactive ketones (excluding diaryl/α,β-unsaturated/α-hetero) is 1. The lowest BCUT2D eigenvalue weighted by atomic mass is 9.75. The molecule has 1 aromatic rings. The zero-order chi connectivity index (χ0) is 12.5. The number of benzene rings is 1. The molecule has 0 bridgehead atoms. The molecule has 0 amide bonds. The summed E-state index contributed by atoms with van der Waals surface area (Å²) in [5, 5.41) is 0.0513. The van der Waals surface area contributed by atoms with Crippen LogP contribution in [0.15, 0.2) is 18.2 Å². The van der Waals surface area contributed by atoms with Crippen LogP contribution in [-0.4, -0.2) is 18.5 Å². The van der Waals surface area contributed by atoms with Gasteiger partial charge >= 0.3 is 0 Å². The Morgan fingerprint density at radius 3 is 2.71 bits per heavy atom. The van der Waals surface area contributed by atoms with Crippen LogP contribution in [0, 0.1) is 5.82 Å². The summed E-state index contributed by atoms with van der Waals surface area (Å²) in [6, 6.07) is 4.36. The molecule has 17 heavy (non-hydrogen) atoms. The van der Waals surface area contributed by atoms with Crippen LogP contribution >= 0.6 is 11.6 Å². The largest absolute Gasteiger partial charge is 0.370 e. The molecule has 1 saturated carbocycles. The van der Waals surface area contributed by atoms with Crippen molar-refractivity contribution in [2.45, 2.75) is 31.3 Å². The van der Waals surface area contributed by atoms with Crippen molar-refractivity contribution in [3.8, 4) is 0 Å². The molecule has 1 aliphatic rings. The second-order valence-corrected chi connectivity index (χ2v) is 4.81. The van der Waals surface area contributed by atoms with Gasteiger partial charge in [0.2, 0.25) is 0 Å². The van der Waals surface area contributed by atoms with Crippen LogP contribution in [0.1, 0.15) is 24.8 Å². The zero-order valence-corrected chi connectivity index (χ0v) is 10.4. The van der Waals surface area contributed by atoms with Gasteiger partial charge in [-0.1, -0.05) is 17.7 Å².